The molecule has 3 aromatic carbocycles. The zero-order chi connectivity index (χ0) is 22.0. The van der Waals surface area contributed by atoms with Gasteiger partial charge in [-0.25, -0.2) is 4.79 Å². The van der Waals surface area contributed by atoms with E-state index < -0.39 is 29.9 Å². The van der Waals surface area contributed by atoms with Crippen LogP contribution in [0.25, 0.3) is 10.8 Å². The van der Waals surface area contributed by atoms with Crippen molar-refractivity contribution in [1.82, 2.24) is 10.2 Å². The van der Waals surface area contributed by atoms with Gasteiger partial charge in [0.05, 0.1) is 6.54 Å². The quantitative estimate of drug-likeness (QED) is 0.246. The van der Waals surface area contributed by atoms with Crippen molar-refractivity contribution in [1.29, 1.82) is 0 Å². The SMILES string of the molecule is O=C(NC1CN(C(C(=O)O)c2cccc3ccccc23)C1=O)/C(=N\O)c1ccccc1. The summed E-state index contributed by atoms with van der Waals surface area (Å²) < 4.78 is 0. The fourth-order valence-electron chi connectivity index (χ4n) is 3.77. The van der Waals surface area contributed by atoms with Gasteiger partial charge in [-0.15, -0.1) is 0 Å². The maximum absolute atomic E-state index is 12.7. The molecule has 3 aromatic rings. The summed E-state index contributed by atoms with van der Waals surface area (Å²) in [6.45, 7) is 0.0261. The predicted octanol–water partition coefficient (Wildman–Crippen LogP) is 2.17. The zero-order valence-electron chi connectivity index (χ0n) is 16.3. The van der Waals surface area contributed by atoms with Crippen LogP contribution in [-0.4, -0.2) is 51.3 Å². The molecule has 0 saturated carbocycles. The molecule has 1 fully saturated rings. The fourth-order valence-corrected chi connectivity index (χ4v) is 3.77. The molecule has 8 nitrogen and oxygen atoms in total. The Hall–Kier alpha value is -4.20. The van der Waals surface area contributed by atoms with E-state index in [0.29, 0.717) is 11.1 Å². The van der Waals surface area contributed by atoms with Gasteiger partial charge in [0.15, 0.2) is 11.8 Å². The summed E-state index contributed by atoms with van der Waals surface area (Å²) in [5, 5.41) is 26.3. The third-order valence-corrected chi connectivity index (χ3v) is 5.29. The van der Waals surface area contributed by atoms with Crippen molar-refractivity contribution < 1.29 is 24.7 Å². The summed E-state index contributed by atoms with van der Waals surface area (Å²) in [5.74, 6) is -2.39. The highest BCUT2D eigenvalue weighted by Crippen LogP contribution is 2.32. The second-order valence-electron chi connectivity index (χ2n) is 7.14. The van der Waals surface area contributed by atoms with Crippen molar-refractivity contribution in [2.24, 2.45) is 5.16 Å². The molecule has 3 N–H and O–H groups in total. The Morgan fingerprint density at radius 2 is 1.68 bits per heavy atom. The molecule has 2 amide bonds. The largest absolute Gasteiger partial charge is 0.479 e. The molecule has 31 heavy (non-hydrogen) atoms. The van der Waals surface area contributed by atoms with E-state index in [4.69, 9.17) is 0 Å². The lowest BCUT2D eigenvalue weighted by molar-refractivity contribution is -0.159. The number of carbonyl (C=O) groups is 3. The third kappa shape index (κ3) is 3.71. The number of nitrogens with one attached hydrogen (secondary N) is 1. The molecule has 4 rings (SSSR count). The summed E-state index contributed by atoms with van der Waals surface area (Å²) in [6, 6.07) is 18.9. The lowest BCUT2D eigenvalue weighted by Gasteiger charge is -2.42. The highest BCUT2D eigenvalue weighted by atomic mass is 16.4. The number of hydrogen-bond acceptors (Lipinski definition) is 5. The van der Waals surface area contributed by atoms with Crippen LogP contribution in [0, 0.1) is 0 Å². The van der Waals surface area contributed by atoms with Gasteiger partial charge in [0.1, 0.15) is 6.04 Å². The average molecular weight is 417 g/mol. The minimum atomic E-state index is -1.17. The minimum Gasteiger partial charge on any atom is -0.479 e. The molecule has 1 saturated heterocycles. The van der Waals surface area contributed by atoms with Gasteiger partial charge in [0.2, 0.25) is 5.91 Å². The molecule has 2 atom stereocenters. The average Bonchev–Trinajstić information content (AvgIpc) is 2.79. The first-order valence-corrected chi connectivity index (χ1v) is 9.60. The van der Waals surface area contributed by atoms with Crippen molar-refractivity contribution in [3.8, 4) is 0 Å². The Bertz CT molecular complexity index is 1190. The lowest BCUT2D eigenvalue weighted by atomic mass is 9.94. The normalized spacial score (nSPS) is 17.2. The Kier molecular flexibility index (Phi) is 5.36. The number of β-lactam (4-membered cyclic amide) rings is 1. The highest BCUT2D eigenvalue weighted by molar-refractivity contribution is 6.45. The third-order valence-electron chi connectivity index (χ3n) is 5.29. The van der Waals surface area contributed by atoms with E-state index in [2.05, 4.69) is 10.5 Å². The molecule has 2 unspecified atom stereocenters. The van der Waals surface area contributed by atoms with Crippen molar-refractivity contribution in [2.75, 3.05) is 6.54 Å². The van der Waals surface area contributed by atoms with Gasteiger partial charge < -0.3 is 20.5 Å². The van der Waals surface area contributed by atoms with Gasteiger partial charge in [0, 0.05) is 5.56 Å². The van der Waals surface area contributed by atoms with Gasteiger partial charge in [0.25, 0.3) is 5.91 Å². The van der Waals surface area contributed by atoms with Gasteiger partial charge in [-0.2, -0.15) is 0 Å². The van der Waals surface area contributed by atoms with Crippen LogP contribution in [0.3, 0.4) is 0 Å². The fraction of sp³-hybridized carbons (Fsp3) is 0.130. The van der Waals surface area contributed by atoms with Gasteiger partial charge in [-0.3, -0.25) is 9.59 Å². The first-order chi connectivity index (χ1) is 15.0. The number of oxime groups is 1. The number of carboxylic acid groups (broad SMARTS) is 1. The molecule has 156 valence electrons. The number of fused-ring (bicyclic) bond motifs is 1. The van der Waals surface area contributed by atoms with Crippen molar-refractivity contribution in [2.45, 2.75) is 12.1 Å². The summed E-state index contributed by atoms with van der Waals surface area (Å²) in [7, 11) is 0. The molecule has 1 heterocycles. The number of amides is 2. The van der Waals surface area contributed by atoms with Crippen LogP contribution >= 0.6 is 0 Å². The number of carboxylic acids is 1. The molecular formula is C23H19N3O5. The van der Waals surface area contributed by atoms with E-state index in [0.717, 1.165) is 10.8 Å². The van der Waals surface area contributed by atoms with E-state index in [1.807, 2.05) is 30.3 Å². The first-order valence-electron chi connectivity index (χ1n) is 9.60. The second-order valence-corrected chi connectivity index (χ2v) is 7.14. The molecule has 8 heteroatoms. The molecule has 0 spiro atoms. The number of hydrogen-bond donors (Lipinski definition) is 3. The topological polar surface area (TPSA) is 119 Å². The summed E-state index contributed by atoms with van der Waals surface area (Å²) in [6.07, 6.45) is 0. The lowest BCUT2D eigenvalue weighted by Crippen LogP contribution is -2.66. The maximum Gasteiger partial charge on any atom is 0.331 e. The van der Waals surface area contributed by atoms with Crippen LogP contribution < -0.4 is 5.32 Å². The number of likely N-dealkylation sites (tertiary alicyclic amines) is 1. The first kappa shape index (κ1) is 20.1. The molecule has 0 radical (unpaired) electrons. The summed E-state index contributed by atoms with van der Waals surface area (Å²) >= 11 is 0. The Labute approximate surface area is 177 Å². The Balaban J connectivity index is 1.53. The summed E-state index contributed by atoms with van der Waals surface area (Å²) in [4.78, 5) is 38.5. The van der Waals surface area contributed by atoms with Crippen LogP contribution in [0.4, 0.5) is 0 Å². The van der Waals surface area contributed by atoms with Gasteiger partial charge in [-0.1, -0.05) is 78.0 Å². The number of benzene rings is 3. The maximum atomic E-state index is 12.7. The standard InChI is InChI=1S/C23H19N3O5/c27-21(19(25-31)15-8-2-1-3-9-15)24-18-13-26(22(18)28)20(23(29)30)17-12-6-10-14-7-4-5-11-16(14)17/h1-12,18,20,31H,13H2,(H,24,27)(H,29,30)/b25-19-. The van der Waals surface area contributed by atoms with Crippen LogP contribution in [0.1, 0.15) is 17.2 Å². The van der Waals surface area contributed by atoms with Crippen LogP contribution in [0.2, 0.25) is 0 Å². The summed E-state index contributed by atoms with van der Waals surface area (Å²) in [5.41, 5.74) is 0.673. The van der Waals surface area contributed by atoms with Crippen molar-refractivity contribution in [3.05, 3.63) is 83.9 Å². The van der Waals surface area contributed by atoms with Gasteiger partial charge >= 0.3 is 5.97 Å². The molecule has 0 aliphatic carbocycles. The van der Waals surface area contributed by atoms with E-state index in [9.17, 15) is 24.7 Å². The molecule has 0 bridgehead atoms. The van der Waals surface area contributed by atoms with Crippen LogP contribution in [0.15, 0.2) is 78.0 Å². The van der Waals surface area contributed by atoms with Crippen LogP contribution in [-0.2, 0) is 14.4 Å². The number of carbonyl (C=O) groups excluding carboxylic acids is 2. The molecule has 1 aliphatic rings. The van der Waals surface area contributed by atoms with Crippen LogP contribution in [0.5, 0.6) is 0 Å². The minimum absolute atomic E-state index is 0.0261. The van der Waals surface area contributed by atoms with E-state index in [1.54, 1.807) is 42.5 Å². The van der Waals surface area contributed by atoms with E-state index in [-0.39, 0.29) is 12.3 Å². The highest BCUT2D eigenvalue weighted by Gasteiger charge is 2.45. The van der Waals surface area contributed by atoms with E-state index in [1.165, 1.54) is 4.90 Å². The van der Waals surface area contributed by atoms with E-state index >= 15 is 0 Å². The predicted molar refractivity (Wildman–Crippen MR) is 113 cm³/mol. The van der Waals surface area contributed by atoms with Crippen molar-refractivity contribution >= 4 is 34.3 Å². The number of rotatable bonds is 6. The second kappa shape index (κ2) is 8.27. The van der Waals surface area contributed by atoms with Gasteiger partial charge in [-0.05, 0) is 16.3 Å². The molecular weight excluding hydrogens is 398 g/mol. The smallest absolute Gasteiger partial charge is 0.331 e. The zero-order valence-corrected chi connectivity index (χ0v) is 16.3. The number of nitrogens with zero attached hydrogens (tertiary/aromatic N) is 2. The number of aliphatic carboxylic acids is 1. The van der Waals surface area contributed by atoms with Crippen molar-refractivity contribution in [3.63, 3.8) is 0 Å². The Morgan fingerprint density at radius 3 is 2.35 bits per heavy atom. The molecule has 1 aliphatic heterocycles. The monoisotopic (exact) mass is 417 g/mol. The molecule has 0 aromatic heterocycles. The Morgan fingerprint density at radius 1 is 1.00 bits per heavy atom.